The Morgan fingerprint density at radius 3 is 2.61 bits per heavy atom. The van der Waals surface area contributed by atoms with Crippen LogP contribution in [0.2, 0.25) is 0 Å². The van der Waals surface area contributed by atoms with Crippen LogP contribution in [0.1, 0.15) is 5.01 Å². The highest BCUT2D eigenvalue weighted by molar-refractivity contribution is 7.15. The van der Waals surface area contributed by atoms with Crippen molar-refractivity contribution < 1.29 is 4.74 Å². The van der Waals surface area contributed by atoms with E-state index in [9.17, 15) is 0 Å². The van der Waals surface area contributed by atoms with E-state index in [2.05, 4.69) is 22.5 Å². The minimum Gasteiger partial charge on any atom is -0.497 e. The summed E-state index contributed by atoms with van der Waals surface area (Å²) in [5.74, 6) is 0.873. The molecule has 2 rings (SSSR count). The normalized spacial score (nSPS) is 10.9. The minimum atomic E-state index is 0.758. The molecule has 0 saturated carbocycles. The Balaban J connectivity index is 2.08. The Morgan fingerprint density at radius 1 is 1.28 bits per heavy atom. The number of methoxy groups -OCH3 is 1. The van der Waals surface area contributed by atoms with Gasteiger partial charge >= 0.3 is 0 Å². The SMILES string of the molecule is COc1ccc(-c2cnc(CNN(C)C)s2)cc1. The molecule has 4 nitrogen and oxygen atoms in total. The van der Waals surface area contributed by atoms with Crippen molar-refractivity contribution in [3.8, 4) is 16.2 Å². The molecule has 0 saturated heterocycles. The molecule has 0 aliphatic carbocycles. The van der Waals surface area contributed by atoms with Crippen molar-refractivity contribution in [2.75, 3.05) is 21.2 Å². The van der Waals surface area contributed by atoms with E-state index < -0.39 is 0 Å². The number of ether oxygens (including phenoxy) is 1. The van der Waals surface area contributed by atoms with E-state index in [0.29, 0.717) is 0 Å². The molecule has 0 unspecified atom stereocenters. The van der Waals surface area contributed by atoms with Crippen LogP contribution in [0, 0.1) is 0 Å². The molecule has 1 heterocycles. The fourth-order valence-corrected chi connectivity index (χ4v) is 2.36. The van der Waals surface area contributed by atoms with Crippen molar-refractivity contribution in [3.63, 3.8) is 0 Å². The topological polar surface area (TPSA) is 37.4 Å². The molecule has 2 aromatic rings. The molecule has 1 aromatic carbocycles. The van der Waals surface area contributed by atoms with Crippen LogP contribution in [-0.2, 0) is 6.54 Å². The summed E-state index contributed by atoms with van der Waals surface area (Å²) >= 11 is 1.70. The second kappa shape index (κ2) is 5.95. The summed E-state index contributed by atoms with van der Waals surface area (Å²) in [4.78, 5) is 5.58. The highest BCUT2D eigenvalue weighted by atomic mass is 32.1. The Kier molecular flexibility index (Phi) is 4.30. The maximum absolute atomic E-state index is 5.15. The van der Waals surface area contributed by atoms with E-state index >= 15 is 0 Å². The predicted molar refractivity (Wildman–Crippen MR) is 74.6 cm³/mol. The first kappa shape index (κ1) is 13.0. The number of nitrogens with one attached hydrogen (secondary N) is 1. The fraction of sp³-hybridized carbons (Fsp3) is 0.308. The Bertz CT molecular complexity index is 493. The van der Waals surface area contributed by atoms with E-state index in [1.165, 1.54) is 10.4 Å². The lowest BCUT2D eigenvalue weighted by molar-refractivity contribution is 0.286. The average molecular weight is 263 g/mol. The van der Waals surface area contributed by atoms with E-state index in [-0.39, 0.29) is 0 Å². The summed E-state index contributed by atoms with van der Waals surface area (Å²) in [5, 5.41) is 3.00. The third-order valence-electron chi connectivity index (χ3n) is 2.47. The summed E-state index contributed by atoms with van der Waals surface area (Å²) in [6.45, 7) is 0.758. The molecule has 0 radical (unpaired) electrons. The number of hydrogen-bond donors (Lipinski definition) is 1. The van der Waals surface area contributed by atoms with Gasteiger partial charge in [0.15, 0.2) is 0 Å². The van der Waals surface area contributed by atoms with Crippen molar-refractivity contribution in [1.82, 2.24) is 15.4 Å². The van der Waals surface area contributed by atoms with Gasteiger partial charge in [0.05, 0.1) is 18.5 Å². The van der Waals surface area contributed by atoms with Crippen molar-refractivity contribution in [2.45, 2.75) is 6.54 Å². The molecule has 1 N–H and O–H groups in total. The molecule has 18 heavy (non-hydrogen) atoms. The standard InChI is InChI=1S/C13H17N3OS/c1-16(2)15-9-13-14-8-12(18-13)10-4-6-11(17-3)7-5-10/h4-8,15H,9H2,1-3H3. The van der Waals surface area contributed by atoms with Crippen LogP contribution < -0.4 is 10.2 Å². The number of rotatable bonds is 5. The lowest BCUT2D eigenvalue weighted by Gasteiger charge is -2.09. The van der Waals surface area contributed by atoms with Crippen LogP contribution >= 0.6 is 11.3 Å². The molecule has 0 fully saturated rings. The van der Waals surface area contributed by atoms with Crippen molar-refractivity contribution >= 4 is 11.3 Å². The molecule has 96 valence electrons. The number of benzene rings is 1. The van der Waals surface area contributed by atoms with Crippen LogP contribution in [-0.4, -0.2) is 31.2 Å². The highest BCUT2D eigenvalue weighted by Crippen LogP contribution is 2.27. The quantitative estimate of drug-likeness (QED) is 0.841. The van der Waals surface area contributed by atoms with Crippen LogP contribution in [0.5, 0.6) is 5.75 Å². The monoisotopic (exact) mass is 263 g/mol. The second-order valence-electron chi connectivity index (χ2n) is 4.08. The molecule has 0 spiro atoms. The van der Waals surface area contributed by atoms with Crippen LogP contribution in [0.25, 0.3) is 10.4 Å². The van der Waals surface area contributed by atoms with Gasteiger partial charge in [-0.1, -0.05) is 0 Å². The molecule has 0 aliphatic heterocycles. The average Bonchev–Trinajstić information content (AvgIpc) is 2.85. The van der Waals surface area contributed by atoms with Gasteiger partial charge in [-0.25, -0.2) is 10.4 Å². The third kappa shape index (κ3) is 3.29. The Labute approximate surface area is 111 Å². The number of aromatic nitrogens is 1. The predicted octanol–water partition coefficient (Wildman–Crippen LogP) is 2.38. The zero-order chi connectivity index (χ0) is 13.0. The molecule has 0 bridgehead atoms. The smallest absolute Gasteiger partial charge is 0.118 e. The second-order valence-corrected chi connectivity index (χ2v) is 5.19. The van der Waals surface area contributed by atoms with E-state index in [1.807, 2.05) is 37.4 Å². The number of nitrogens with zero attached hydrogens (tertiary/aromatic N) is 2. The number of thiazole rings is 1. The number of hydrogen-bond acceptors (Lipinski definition) is 5. The van der Waals surface area contributed by atoms with Gasteiger partial charge in [-0.15, -0.1) is 11.3 Å². The van der Waals surface area contributed by atoms with Gasteiger partial charge in [0.1, 0.15) is 10.8 Å². The summed E-state index contributed by atoms with van der Waals surface area (Å²) in [5.41, 5.74) is 4.38. The maximum Gasteiger partial charge on any atom is 0.118 e. The molecule has 0 amide bonds. The van der Waals surface area contributed by atoms with Gasteiger partial charge in [0.2, 0.25) is 0 Å². The first-order valence-corrected chi connectivity index (χ1v) is 6.50. The van der Waals surface area contributed by atoms with Crippen LogP contribution in [0.3, 0.4) is 0 Å². The third-order valence-corrected chi connectivity index (χ3v) is 3.52. The largest absolute Gasteiger partial charge is 0.497 e. The van der Waals surface area contributed by atoms with E-state index in [0.717, 1.165) is 17.3 Å². The van der Waals surface area contributed by atoms with E-state index in [4.69, 9.17) is 4.74 Å². The van der Waals surface area contributed by atoms with Crippen molar-refractivity contribution in [3.05, 3.63) is 35.5 Å². The molecular weight excluding hydrogens is 246 g/mol. The highest BCUT2D eigenvalue weighted by Gasteiger charge is 2.04. The Hall–Kier alpha value is -1.43. The van der Waals surface area contributed by atoms with Gasteiger partial charge in [0, 0.05) is 20.3 Å². The summed E-state index contributed by atoms with van der Waals surface area (Å²) in [6.07, 6.45) is 1.92. The van der Waals surface area contributed by atoms with E-state index in [1.54, 1.807) is 18.4 Å². The number of hydrazine groups is 1. The summed E-state index contributed by atoms with van der Waals surface area (Å²) < 4.78 is 5.15. The van der Waals surface area contributed by atoms with Gasteiger partial charge in [-0.05, 0) is 29.8 Å². The van der Waals surface area contributed by atoms with Gasteiger partial charge < -0.3 is 4.74 Å². The molecule has 0 atom stereocenters. The lowest BCUT2D eigenvalue weighted by atomic mass is 10.2. The zero-order valence-corrected chi connectivity index (χ0v) is 11.6. The molecular formula is C13H17N3OS. The van der Waals surface area contributed by atoms with Crippen LogP contribution in [0.4, 0.5) is 0 Å². The molecule has 0 aliphatic rings. The lowest BCUT2D eigenvalue weighted by Crippen LogP contribution is -2.29. The van der Waals surface area contributed by atoms with Gasteiger partial charge in [-0.2, -0.15) is 0 Å². The Morgan fingerprint density at radius 2 is 2.00 bits per heavy atom. The van der Waals surface area contributed by atoms with Gasteiger partial charge in [-0.3, -0.25) is 5.01 Å². The van der Waals surface area contributed by atoms with Crippen molar-refractivity contribution in [2.24, 2.45) is 0 Å². The van der Waals surface area contributed by atoms with Crippen molar-refractivity contribution in [1.29, 1.82) is 0 Å². The fourth-order valence-electron chi connectivity index (χ4n) is 1.51. The first-order valence-electron chi connectivity index (χ1n) is 5.69. The van der Waals surface area contributed by atoms with Crippen LogP contribution in [0.15, 0.2) is 30.5 Å². The first-order chi connectivity index (χ1) is 8.69. The zero-order valence-electron chi connectivity index (χ0n) is 10.8. The summed E-state index contributed by atoms with van der Waals surface area (Å²) in [6, 6.07) is 8.03. The summed E-state index contributed by atoms with van der Waals surface area (Å²) in [7, 11) is 5.61. The molecule has 1 aromatic heterocycles. The maximum atomic E-state index is 5.15. The van der Waals surface area contributed by atoms with Gasteiger partial charge in [0.25, 0.3) is 0 Å². The minimum absolute atomic E-state index is 0.758. The molecule has 5 heteroatoms.